The monoisotopic (exact) mass is 238 g/mol. The Kier molecular flexibility index (Phi) is 2.22. The molecule has 2 aliphatic rings. The van der Waals surface area contributed by atoms with Crippen molar-refractivity contribution in [1.29, 1.82) is 0 Å². The maximum atomic E-state index is 11.7. The average molecular weight is 238 g/mol. The van der Waals surface area contributed by atoms with Crippen molar-refractivity contribution < 1.29 is 4.79 Å². The van der Waals surface area contributed by atoms with Crippen LogP contribution in [0.4, 0.5) is 5.95 Å². The molecule has 3 heterocycles. The number of carbonyl (C=O) groups is 1. The van der Waals surface area contributed by atoms with Crippen molar-refractivity contribution in [3.05, 3.63) is 5.01 Å². The first kappa shape index (κ1) is 10.2. The molecular weight excluding hydrogens is 224 g/mol. The number of hydrogen-bond acceptors (Lipinski definition) is 6. The molecule has 3 unspecified atom stereocenters. The molecule has 0 aromatic carbocycles. The standard InChI is InChI=1S/C10H14N4OS/c1-13(2)10-11-9(16-12-10)7-4-14-3-6(7)8(15)5-14/h6-7H,3-5H2,1-2H3. The molecule has 2 bridgehead atoms. The lowest BCUT2D eigenvalue weighted by molar-refractivity contribution is -0.121. The quantitative estimate of drug-likeness (QED) is 0.737. The van der Waals surface area contributed by atoms with Crippen molar-refractivity contribution in [2.45, 2.75) is 5.92 Å². The molecule has 6 heteroatoms. The van der Waals surface area contributed by atoms with Gasteiger partial charge in [-0.3, -0.25) is 9.69 Å². The molecule has 2 aliphatic heterocycles. The van der Waals surface area contributed by atoms with E-state index in [1.54, 1.807) is 0 Å². The summed E-state index contributed by atoms with van der Waals surface area (Å²) >= 11 is 1.44. The summed E-state index contributed by atoms with van der Waals surface area (Å²) in [6.45, 7) is 2.53. The van der Waals surface area contributed by atoms with E-state index in [0.717, 1.165) is 24.0 Å². The highest BCUT2D eigenvalue weighted by atomic mass is 32.1. The number of ketones is 1. The second-order valence-electron chi connectivity index (χ2n) is 4.70. The molecule has 0 spiro atoms. The maximum absolute atomic E-state index is 11.7. The summed E-state index contributed by atoms with van der Waals surface area (Å²) in [5.74, 6) is 1.58. The van der Waals surface area contributed by atoms with Crippen molar-refractivity contribution in [3.63, 3.8) is 0 Å². The smallest absolute Gasteiger partial charge is 0.236 e. The van der Waals surface area contributed by atoms with Gasteiger partial charge < -0.3 is 4.90 Å². The van der Waals surface area contributed by atoms with Gasteiger partial charge >= 0.3 is 0 Å². The van der Waals surface area contributed by atoms with Crippen LogP contribution in [0.3, 0.4) is 0 Å². The van der Waals surface area contributed by atoms with Crippen LogP contribution in [0.1, 0.15) is 10.9 Å². The number of hydrogen-bond donors (Lipinski definition) is 0. The molecule has 86 valence electrons. The van der Waals surface area contributed by atoms with Gasteiger partial charge in [0.25, 0.3) is 0 Å². The Balaban J connectivity index is 1.85. The zero-order valence-corrected chi connectivity index (χ0v) is 10.2. The van der Waals surface area contributed by atoms with Crippen LogP contribution in [-0.2, 0) is 4.79 Å². The van der Waals surface area contributed by atoms with Gasteiger partial charge in [0.05, 0.1) is 6.54 Å². The van der Waals surface area contributed by atoms with E-state index in [4.69, 9.17) is 0 Å². The molecule has 0 radical (unpaired) electrons. The van der Waals surface area contributed by atoms with Crippen LogP contribution in [0.2, 0.25) is 0 Å². The highest BCUT2D eigenvalue weighted by Gasteiger charge is 2.46. The van der Waals surface area contributed by atoms with Crippen molar-refractivity contribution in [3.8, 4) is 0 Å². The maximum Gasteiger partial charge on any atom is 0.236 e. The zero-order valence-electron chi connectivity index (χ0n) is 9.38. The number of carbonyl (C=O) groups excluding carboxylic acids is 1. The molecule has 3 rings (SSSR count). The second-order valence-corrected chi connectivity index (χ2v) is 5.48. The van der Waals surface area contributed by atoms with Crippen LogP contribution < -0.4 is 4.90 Å². The molecule has 0 amide bonds. The Bertz CT molecular complexity index is 430. The Morgan fingerprint density at radius 3 is 2.69 bits per heavy atom. The third-order valence-corrected chi connectivity index (χ3v) is 4.17. The molecule has 0 N–H and O–H groups in total. The van der Waals surface area contributed by atoms with Gasteiger partial charge in [-0.15, -0.1) is 0 Å². The first-order valence-corrected chi connectivity index (χ1v) is 6.18. The molecule has 1 aromatic heterocycles. The van der Waals surface area contributed by atoms with Gasteiger partial charge in [0.2, 0.25) is 5.95 Å². The molecule has 5 nitrogen and oxygen atoms in total. The molecule has 3 atom stereocenters. The predicted molar refractivity (Wildman–Crippen MR) is 61.9 cm³/mol. The van der Waals surface area contributed by atoms with Crippen molar-refractivity contribution >= 4 is 23.3 Å². The van der Waals surface area contributed by atoms with Crippen LogP contribution in [0.15, 0.2) is 0 Å². The van der Waals surface area contributed by atoms with Gasteiger partial charge in [-0.05, 0) is 11.5 Å². The summed E-state index contributed by atoms with van der Waals surface area (Å²) in [7, 11) is 3.86. The van der Waals surface area contributed by atoms with Crippen LogP contribution in [0, 0.1) is 5.92 Å². The number of aromatic nitrogens is 2. The molecule has 0 aliphatic carbocycles. The van der Waals surface area contributed by atoms with Crippen LogP contribution in [0.25, 0.3) is 0 Å². The first-order valence-electron chi connectivity index (χ1n) is 5.41. The highest BCUT2D eigenvalue weighted by molar-refractivity contribution is 7.05. The minimum absolute atomic E-state index is 0.169. The summed E-state index contributed by atoms with van der Waals surface area (Å²) in [5.41, 5.74) is 0. The third-order valence-electron chi connectivity index (χ3n) is 3.34. The fraction of sp³-hybridized carbons (Fsp3) is 0.700. The van der Waals surface area contributed by atoms with Crippen molar-refractivity contribution in [2.75, 3.05) is 38.6 Å². The minimum Gasteiger partial charge on any atom is -0.346 e. The Labute approximate surface area is 98.2 Å². The zero-order chi connectivity index (χ0) is 11.3. The number of anilines is 1. The molecule has 2 saturated heterocycles. The fourth-order valence-corrected chi connectivity index (χ4v) is 3.36. The van der Waals surface area contributed by atoms with E-state index < -0.39 is 0 Å². The average Bonchev–Trinajstić information content (AvgIpc) is 2.89. The van der Waals surface area contributed by atoms with E-state index in [1.807, 2.05) is 19.0 Å². The van der Waals surface area contributed by atoms with Gasteiger partial charge in [-0.1, -0.05) is 0 Å². The third kappa shape index (κ3) is 1.44. The number of piperidine rings is 1. The summed E-state index contributed by atoms with van der Waals surface area (Å²) in [6, 6.07) is 0. The molecule has 16 heavy (non-hydrogen) atoms. The van der Waals surface area contributed by atoms with Crippen LogP contribution >= 0.6 is 11.5 Å². The summed E-state index contributed by atoms with van der Waals surface area (Å²) in [6.07, 6.45) is 0. The van der Waals surface area contributed by atoms with Crippen molar-refractivity contribution in [1.82, 2.24) is 14.3 Å². The fourth-order valence-electron chi connectivity index (χ4n) is 2.49. The number of Topliss-reactive ketones (excluding diaryl/α,β-unsaturated/α-hetero) is 1. The van der Waals surface area contributed by atoms with E-state index in [-0.39, 0.29) is 11.8 Å². The van der Waals surface area contributed by atoms with Crippen LogP contribution in [0.5, 0.6) is 0 Å². The Morgan fingerprint density at radius 1 is 1.38 bits per heavy atom. The van der Waals surface area contributed by atoms with Gasteiger partial charge in [-0.25, -0.2) is 4.98 Å². The minimum atomic E-state index is 0.169. The van der Waals surface area contributed by atoms with E-state index in [1.165, 1.54) is 11.5 Å². The van der Waals surface area contributed by atoms with E-state index in [9.17, 15) is 4.79 Å². The van der Waals surface area contributed by atoms with Crippen LogP contribution in [-0.4, -0.2) is 53.8 Å². The largest absolute Gasteiger partial charge is 0.346 e. The van der Waals surface area contributed by atoms with Crippen molar-refractivity contribution in [2.24, 2.45) is 5.92 Å². The van der Waals surface area contributed by atoms with E-state index >= 15 is 0 Å². The summed E-state index contributed by atoms with van der Waals surface area (Å²) in [4.78, 5) is 20.3. The first-order chi connectivity index (χ1) is 7.65. The number of rotatable bonds is 2. The topological polar surface area (TPSA) is 49.3 Å². The second kappa shape index (κ2) is 3.49. The summed E-state index contributed by atoms with van der Waals surface area (Å²) in [5, 5.41) is 1.02. The Morgan fingerprint density at radius 2 is 2.12 bits per heavy atom. The molecular formula is C10H14N4OS. The lowest BCUT2D eigenvalue weighted by atomic mass is 9.92. The normalized spacial score (nSPS) is 32.4. The summed E-state index contributed by atoms with van der Waals surface area (Å²) < 4.78 is 4.30. The lowest BCUT2D eigenvalue weighted by Gasteiger charge is -2.18. The van der Waals surface area contributed by atoms with Gasteiger partial charge in [0.1, 0.15) is 5.01 Å². The molecule has 1 aromatic rings. The molecule has 2 fully saturated rings. The van der Waals surface area contributed by atoms with Gasteiger partial charge in [-0.2, -0.15) is 4.37 Å². The van der Waals surface area contributed by atoms with Gasteiger partial charge in [0.15, 0.2) is 5.78 Å². The SMILES string of the molecule is CN(C)c1nsc(C2CN3CC(=O)C2C3)n1. The van der Waals surface area contributed by atoms with E-state index in [2.05, 4.69) is 14.3 Å². The van der Waals surface area contributed by atoms with Gasteiger partial charge in [0, 0.05) is 39.0 Å². The van der Waals surface area contributed by atoms with E-state index in [0.29, 0.717) is 12.3 Å². The lowest BCUT2D eigenvalue weighted by Crippen LogP contribution is -2.29. The highest BCUT2D eigenvalue weighted by Crippen LogP contribution is 2.38. The molecule has 0 saturated carbocycles. The number of nitrogens with zero attached hydrogens (tertiary/aromatic N) is 4. The Hall–Kier alpha value is -1.01. The predicted octanol–water partition coefficient (Wildman–Crippen LogP) is 0.202. The number of fused-ring (bicyclic) bond motifs is 2.